The highest BCUT2D eigenvalue weighted by atomic mass is 35.5. The third kappa shape index (κ3) is 1.92. The maximum Gasteiger partial charge on any atom is 0.227 e. The molecule has 0 aliphatic rings. The standard InChI is InChI=1S/C13H8Cl2N2O/c14-8-3-1-7(2-4-8)13-17-11-6-9(16)5-10(15)12(11)18-13/h1-6H,16H2. The molecule has 0 saturated heterocycles. The fourth-order valence-electron chi connectivity index (χ4n) is 1.73. The van der Waals surface area contributed by atoms with E-state index in [1.807, 2.05) is 12.1 Å². The van der Waals surface area contributed by atoms with E-state index in [0.29, 0.717) is 32.7 Å². The minimum atomic E-state index is 0.456. The number of nitrogens with zero attached hydrogens (tertiary/aromatic N) is 1. The number of nitrogens with two attached hydrogens (primary N) is 1. The van der Waals surface area contributed by atoms with E-state index in [-0.39, 0.29) is 0 Å². The second-order valence-corrected chi connectivity index (χ2v) is 4.72. The molecule has 3 nitrogen and oxygen atoms in total. The van der Waals surface area contributed by atoms with Gasteiger partial charge in [0.25, 0.3) is 0 Å². The Morgan fingerprint density at radius 3 is 2.50 bits per heavy atom. The molecule has 90 valence electrons. The summed E-state index contributed by atoms with van der Waals surface area (Å²) in [5.74, 6) is 0.495. The van der Waals surface area contributed by atoms with E-state index in [0.717, 1.165) is 5.56 Å². The topological polar surface area (TPSA) is 52.0 Å². The Labute approximate surface area is 113 Å². The van der Waals surface area contributed by atoms with E-state index in [1.54, 1.807) is 24.3 Å². The second-order valence-electron chi connectivity index (χ2n) is 3.88. The first kappa shape index (κ1) is 11.4. The monoisotopic (exact) mass is 278 g/mol. The lowest BCUT2D eigenvalue weighted by Gasteiger charge is -1.94. The normalized spacial score (nSPS) is 11.0. The molecule has 0 fully saturated rings. The first-order chi connectivity index (χ1) is 8.63. The van der Waals surface area contributed by atoms with Crippen LogP contribution in [0.25, 0.3) is 22.6 Å². The number of halogens is 2. The molecule has 2 N–H and O–H groups in total. The van der Waals surface area contributed by atoms with Gasteiger partial charge in [0, 0.05) is 16.3 Å². The highest BCUT2D eigenvalue weighted by Gasteiger charge is 2.11. The molecule has 0 aliphatic carbocycles. The quantitative estimate of drug-likeness (QED) is 0.672. The van der Waals surface area contributed by atoms with Gasteiger partial charge in [0.15, 0.2) is 5.58 Å². The molecule has 5 heteroatoms. The molecular formula is C13H8Cl2N2O. The molecule has 0 radical (unpaired) electrons. The lowest BCUT2D eigenvalue weighted by atomic mass is 10.2. The minimum Gasteiger partial charge on any atom is -0.435 e. The molecule has 0 bridgehead atoms. The number of nitrogen functional groups attached to an aromatic ring is 1. The van der Waals surface area contributed by atoms with Crippen LogP contribution in [-0.4, -0.2) is 4.98 Å². The maximum atomic E-state index is 6.05. The minimum absolute atomic E-state index is 0.456. The summed E-state index contributed by atoms with van der Waals surface area (Å²) >= 11 is 11.9. The van der Waals surface area contributed by atoms with Crippen LogP contribution in [0.15, 0.2) is 40.8 Å². The van der Waals surface area contributed by atoms with Crippen molar-refractivity contribution in [2.75, 3.05) is 5.73 Å². The van der Waals surface area contributed by atoms with Crippen molar-refractivity contribution in [3.63, 3.8) is 0 Å². The third-order valence-electron chi connectivity index (χ3n) is 2.56. The Morgan fingerprint density at radius 2 is 1.78 bits per heavy atom. The van der Waals surface area contributed by atoms with Gasteiger partial charge in [-0.25, -0.2) is 4.98 Å². The summed E-state index contributed by atoms with van der Waals surface area (Å²) in [4.78, 5) is 4.36. The summed E-state index contributed by atoms with van der Waals surface area (Å²) < 4.78 is 5.64. The van der Waals surface area contributed by atoms with Crippen LogP contribution in [0.3, 0.4) is 0 Å². The molecule has 2 aromatic carbocycles. The SMILES string of the molecule is Nc1cc(Cl)c2oc(-c3ccc(Cl)cc3)nc2c1. The summed E-state index contributed by atoms with van der Waals surface area (Å²) in [6.07, 6.45) is 0. The van der Waals surface area contributed by atoms with Gasteiger partial charge in [-0.2, -0.15) is 0 Å². The van der Waals surface area contributed by atoms with E-state index in [9.17, 15) is 0 Å². The van der Waals surface area contributed by atoms with Crippen LogP contribution in [0.5, 0.6) is 0 Å². The van der Waals surface area contributed by atoms with Crippen LogP contribution in [-0.2, 0) is 0 Å². The predicted molar refractivity (Wildman–Crippen MR) is 73.9 cm³/mol. The molecule has 0 spiro atoms. The van der Waals surface area contributed by atoms with Gasteiger partial charge >= 0.3 is 0 Å². The number of hydrogen-bond donors (Lipinski definition) is 1. The van der Waals surface area contributed by atoms with Crippen molar-refractivity contribution in [2.24, 2.45) is 0 Å². The van der Waals surface area contributed by atoms with Crippen molar-refractivity contribution in [2.45, 2.75) is 0 Å². The van der Waals surface area contributed by atoms with Gasteiger partial charge in [-0.05, 0) is 36.4 Å². The first-order valence-corrected chi connectivity index (χ1v) is 6.00. The molecule has 3 rings (SSSR count). The van der Waals surface area contributed by atoms with Crippen LogP contribution in [0, 0.1) is 0 Å². The van der Waals surface area contributed by atoms with Crippen molar-refractivity contribution in [1.82, 2.24) is 4.98 Å². The lowest BCUT2D eigenvalue weighted by molar-refractivity contribution is 0.620. The van der Waals surface area contributed by atoms with Gasteiger partial charge in [-0.1, -0.05) is 23.2 Å². The number of anilines is 1. The zero-order chi connectivity index (χ0) is 12.7. The molecule has 3 aromatic rings. The highest BCUT2D eigenvalue weighted by molar-refractivity contribution is 6.35. The number of fused-ring (bicyclic) bond motifs is 1. The van der Waals surface area contributed by atoms with Crippen molar-refractivity contribution in [3.8, 4) is 11.5 Å². The molecule has 0 unspecified atom stereocenters. The van der Waals surface area contributed by atoms with E-state index < -0.39 is 0 Å². The highest BCUT2D eigenvalue weighted by Crippen LogP contribution is 2.31. The second kappa shape index (κ2) is 4.19. The fraction of sp³-hybridized carbons (Fsp3) is 0. The molecule has 1 heterocycles. The number of benzene rings is 2. The van der Waals surface area contributed by atoms with E-state index in [2.05, 4.69) is 4.98 Å². The lowest BCUT2D eigenvalue weighted by Crippen LogP contribution is -1.83. The van der Waals surface area contributed by atoms with E-state index in [1.165, 1.54) is 0 Å². The molecule has 0 saturated carbocycles. The third-order valence-corrected chi connectivity index (χ3v) is 3.09. The number of rotatable bonds is 1. The van der Waals surface area contributed by atoms with E-state index in [4.69, 9.17) is 33.4 Å². The Balaban J connectivity index is 2.19. The van der Waals surface area contributed by atoms with Crippen molar-refractivity contribution in [1.29, 1.82) is 0 Å². The van der Waals surface area contributed by atoms with Crippen molar-refractivity contribution < 1.29 is 4.42 Å². The number of aromatic nitrogens is 1. The Hall–Kier alpha value is -1.71. The summed E-state index contributed by atoms with van der Waals surface area (Å²) in [5, 5.41) is 1.12. The average molecular weight is 279 g/mol. The Bertz CT molecular complexity index is 720. The molecule has 0 aliphatic heterocycles. The fourth-order valence-corrected chi connectivity index (χ4v) is 2.12. The first-order valence-electron chi connectivity index (χ1n) is 5.25. The van der Waals surface area contributed by atoms with Gasteiger partial charge in [0.05, 0.1) is 5.02 Å². The molecule has 18 heavy (non-hydrogen) atoms. The summed E-state index contributed by atoms with van der Waals surface area (Å²) in [7, 11) is 0. The number of hydrogen-bond acceptors (Lipinski definition) is 3. The smallest absolute Gasteiger partial charge is 0.227 e. The number of oxazole rings is 1. The summed E-state index contributed by atoms with van der Waals surface area (Å²) in [6.45, 7) is 0. The van der Waals surface area contributed by atoms with Crippen LogP contribution in [0.2, 0.25) is 10.0 Å². The van der Waals surface area contributed by atoms with Crippen LogP contribution in [0.1, 0.15) is 0 Å². The van der Waals surface area contributed by atoms with E-state index >= 15 is 0 Å². The summed E-state index contributed by atoms with van der Waals surface area (Å²) in [6, 6.07) is 10.6. The zero-order valence-corrected chi connectivity index (χ0v) is 10.7. The zero-order valence-electron chi connectivity index (χ0n) is 9.15. The molecule has 1 aromatic heterocycles. The van der Waals surface area contributed by atoms with Gasteiger partial charge in [-0.15, -0.1) is 0 Å². The Morgan fingerprint density at radius 1 is 1.06 bits per heavy atom. The van der Waals surface area contributed by atoms with Gasteiger partial charge in [-0.3, -0.25) is 0 Å². The van der Waals surface area contributed by atoms with Gasteiger partial charge in [0.1, 0.15) is 5.52 Å². The molecule has 0 amide bonds. The van der Waals surface area contributed by atoms with Crippen LogP contribution < -0.4 is 5.73 Å². The summed E-state index contributed by atoms with van der Waals surface area (Å²) in [5.41, 5.74) is 8.29. The maximum absolute atomic E-state index is 6.05. The largest absolute Gasteiger partial charge is 0.435 e. The van der Waals surface area contributed by atoms with Crippen molar-refractivity contribution >= 4 is 40.0 Å². The van der Waals surface area contributed by atoms with Gasteiger partial charge in [0.2, 0.25) is 5.89 Å². The van der Waals surface area contributed by atoms with Crippen LogP contribution in [0.4, 0.5) is 5.69 Å². The van der Waals surface area contributed by atoms with Crippen molar-refractivity contribution in [3.05, 3.63) is 46.4 Å². The van der Waals surface area contributed by atoms with Crippen LogP contribution >= 0.6 is 23.2 Å². The molecule has 0 atom stereocenters. The Kier molecular flexibility index (Phi) is 2.65. The van der Waals surface area contributed by atoms with Gasteiger partial charge < -0.3 is 10.2 Å². The predicted octanol–water partition coefficient (Wildman–Crippen LogP) is 4.38. The molecular weight excluding hydrogens is 271 g/mol. The average Bonchev–Trinajstić information content (AvgIpc) is 2.74.